The molecule has 0 bridgehead atoms. The van der Waals surface area contributed by atoms with E-state index >= 15 is 0 Å². The van der Waals surface area contributed by atoms with Crippen molar-refractivity contribution >= 4 is 43.5 Å². The van der Waals surface area contributed by atoms with Crippen molar-refractivity contribution in [3.05, 3.63) is 94.0 Å². The van der Waals surface area contributed by atoms with Gasteiger partial charge in [-0.3, -0.25) is 13.9 Å². The standard InChI is InChI=1S/C30H36BrN3O4S/c1-6-23(4)32-30(36)24(5)33(19-25-12-14-26(31)15-13-25)29(35)20-34(27-17-21(2)16-22(3)18-27)39(37,38)28-10-8-7-9-11-28/h7-18,23-24H,6,19-20H2,1-5H3,(H,32,36)/t23-,24-/m1/s1. The van der Waals surface area contributed by atoms with Gasteiger partial charge >= 0.3 is 0 Å². The summed E-state index contributed by atoms with van der Waals surface area (Å²) >= 11 is 3.42. The average Bonchev–Trinajstić information content (AvgIpc) is 2.90. The van der Waals surface area contributed by atoms with Crippen molar-refractivity contribution in [3.8, 4) is 0 Å². The lowest BCUT2D eigenvalue weighted by Gasteiger charge is -2.32. The first-order valence-electron chi connectivity index (χ1n) is 12.9. The number of hydrogen-bond donors (Lipinski definition) is 1. The van der Waals surface area contributed by atoms with E-state index in [1.807, 2.05) is 58.0 Å². The molecule has 0 unspecified atom stereocenters. The molecular formula is C30H36BrN3O4S. The molecule has 0 aliphatic carbocycles. The van der Waals surface area contributed by atoms with Crippen molar-refractivity contribution in [2.24, 2.45) is 0 Å². The minimum atomic E-state index is -4.08. The number of nitrogens with one attached hydrogen (secondary N) is 1. The lowest BCUT2D eigenvalue weighted by molar-refractivity contribution is -0.139. The number of carbonyl (C=O) groups excluding carboxylic acids is 2. The third-order valence-electron chi connectivity index (χ3n) is 6.54. The predicted octanol–water partition coefficient (Wildman–Crippen LogP) is 5.59. The van der Waals surface area contributed by atoms with Gasteiger partial charge in [-0.25, -0.2) is 8.42 Å². The molecule has 2 amide bonds. The van der Waals surface area contributed by atoms with E-state index in [0.29, 0.717) is 5.69 Å². The Morgan fingerprint density at radius 2 is 1.51 bits per heavy atom. The number of rotatable bonds is 11. The normalized spacial score (nSPS) is 12.9. The molecule has 0 radical (unpaired) electrons. The Kier molecular flexibility index (Phi) is 10.3. The van der Waals surface area contributed by atoms with E-state index in [1.165, 1.54) is 17.0 Å². The summed E-state index contributed by atoms with van der Waals surface area (Å²) in [4.78, 5) is 28.6. The quantitative estimate of drug-likeness (QED) is 0.305. The molecule has 39 heavy (non-hydrogen) atoms. The highest BCUT2D eigenvalue weighted by Gasteiger charge is 2.32. The molecular weight excluding hydrogens is 578 g/mol. The maximum atomic E-state index is 14.0. The number of aryl methyl sites for hydroxylation is 2. The van der Waals surface area contributed by atoms with Crippen LogP contribution in [-0.4, -0.2) is 43.8 Å². The van der Waals surface area contributed by atoms with Crippen molar-refractivity contribution < 1.29 is 18.0 Å². The molecule has 9 heteroatoms. The lowest BCUT2D eigenvalue weighted by Crippen LogP contribution is -2.52. The molecule has 208 valence electrons. The van der Waals surface area contributed by atoms with Gasteiger partial charge in [-0.05, 0) is 87.2 Å². The van der Waals surface area contributed by atoms with Crippen LogP contribution in [0, 0.1) is 13.8 Å². The highest BCUT2D eigenvalue weighted by Crippen LogP contribution is 2.26. The molecule has 3 aromatic carbocycles. The fourth-order valence-corrected chi connectivity index (χ4v) is 5.86. The van der Waals surface area contributed by atoms with E-state index in [4.69, 9.17) is 0 Å². The maximum Gasteiger partial charge on any atom is 0.264 e. The van der Waals surface area contributed by atoms with E-state index < -0.39 is 28.5 Å². The monoisotopic (exact) mass is 613 g/mol. The van der Waals surface area contributed by atoms with Gasteiger partial charge in [0.05, 0.1) is 10.6 Å². The summed E-state index contributed by atoms with van der Waals surface area (Å²) < 4.78 is 29.8. The SMILES string of the molecule is CC[C@@H](C)NC(=O)[C@@H](C)N(Cc1ccc(Br)cc1)C(=O)CN(c1cc(C)cc(C)c1)S(=O)(=O)c1ccccc1. The zero-order valence-corrected chi connectivity index (χ0v) is 25.4. The summed E-state index contributed by atoms with van der Waals surface area (Å²) in [6, 6.07) is 20.1. The van der Waals surface area contributed by atoms with E-state index in [-0.39, 0.29) is 23.4 Å². The summed E-state index contributed by atoms with van der Waals surface area (Å²) in [5.74, 6) is -0.776. The minimum Gasteiger partial charge on any atom is -0.352 e. The molecule has 0 fully saturated rings. The molecule has 1 N–H and O–H groups in total. The van der Waals surface area contributed by atoms with Crippen molar-refractivity contribution in [1.82, 2.24) is 10.2 Å². The summed E-state index contributed by atoms with van der Waals surface area (Å²) in [6.07, 6.45) is 0.745. The fraction of sp³-hybridized carbons (Fsp3) is 0.333. The maximum absolute atomic E-state index is 14.0. The Balaban J connectivity index is 2.04. The molecule has 0 aliphatic rings. The first-order valence-corrected chi connectivity index (χ1v) is 15.2. The third-order valence-corrected chi connectivity index (χ3v) is 8.86. The van der Waals surface area contributed by atoms with Gasteiger partial charge in [-0.2, -0.15) is 0 Å². The largest absolute Gasteiger partial charge is 0.352 e. The van der Waals surface area contributed by atoms with Crippen LogP contribution in [0.5, 0.6) is 0 Å². The van der Waals surface area contributed by atoms with Gasteiger partial charge in [0.15, 0.2) is 0 Å². The summed E-state index contributed by atoms with van der Waals surface area (Å²) in [5.41, 5.74) is 2.96. The van der Waals surface area contributed by atoms with Gasteiger partial charge in [0.25, 0.3) is 10.0 Å². The van der Waals surface area contributed by atoms with E-state index in [9.17, 15) is 18.0 Å². The van der Waals surface area contributed by atoms with Crippen molar-refractivity contribution in [2.45, 2.75) is 64.6 Å². The molecule has 3 aromatic rings. The average molecular weight is 615 g/mol. The van der Waals surface area contributed by atoms with Crippen LogP contribution in [0.2, 0.25) is 0 Å². The Morgan fingerprint density at radius 3 is 2.08 bits per heavy atom. The van der Waals surface area contributed by atoms with Crippen LogP contribution in [0.15, 0.2) is 82.2 Å². The number of benzene rings is 3. The molecule has 7 nitrogen and oxygen atoms in total. The molecule has 0 spiro atoms. The van der Waals surface area contributed by atoms with Gasteiger partial charge in [-0.1, -0.05) is 59.3 Å². The first kappa shape index (κ1) is 30.4. The zero-order chi connectivity index (χ0) is 28.7. The zero-order valence-electron chi connectivity index (χ0n) is 23.0. The van der Waals surface area contributed by atoms with Gasteiger partial charge in [-0.15, -0.1) is 0 Å². The fourth-order valence-electron chi connectivity index (χ4n) is 4.18. The highest BCUT2D eigenvalue weighted by molar-refractivity contribution is 9.10. The summed E-state index contributed by atoms with van der Waals surface area (Å²) in [6.45, 7) is 8.99. The topological polar surface area (TPSA) is 86.8 Å². The summed E-state index contributed by atoms with van der Waals surface area (Å²) in [7, 11) is -4.08. The number of hydrogen-bond acceptors (Lipinski definition) is 4. The van der Waals surface area contributed by atoms with Crippen LogP contribution in [-0.2, 0) is 26.2 Å². The van der Waals surface area contributed by atoms with Crippen molar-refractivity contribution in [3.63, 3.8) is 0 Å². The van der Waals surface area contributed by atoms with Gasteiger partial charge in [0, 0.05) is 17.1 Å². The Morgan fingerprint density at radius 1 is 0.923 bits per heavy atom. The molecule has 0 aromatic heterocycles. The van der Waals surface area contributed by atoms with Gasteiger partial charge in [0.1, 0.15) is 12.6 Å². The van der Waals surface area contributed by atoms with Crippen LogP contribution in [0.25, 0.3) is 0 Å². The Bertz CT molecular complexity index is 1380. The molecule has 0 aliphatic heterocycles. The summed E-state index contributed by atoms with van der Waals surface area (Å²) in [5, 5.41) is 2.94. The smallest absolute Gasteiger partial charge is 0.264 e. The van der Waals surface area contributed by atoms with Crippen molar-refractivity contribution in [2.75, 3.05) is 10.8 Å². The molecule has 2 atom stereocenters. The second kappa shape index (κ2) is 13.3. The number of anilines is 1. The minimum absolute atomic E-state index is 0.0604. The van der Waals surface area contributed by atoms with Crippen LogP contribution < -0.4 is 9.62 Å². The molecule has 3 rings (SSSR count). The van der Waals surface area contributed by atoms with Crippen LogP contribution in [0.4, 0.5) is 5.69 Å². The second-order valence-electron chi connectivity index (χ2n) is 9.81. The Labute approximate surface area is 240 Å². The van der Waals surface area contributed by atoms with Crippen LogP contribution >= 0.6 is 15.9 Å². The second-order valence-corrected chi connectivity index (χ2v) is 12.6. The number of amides is 2. The van der Waals surface area contributed by atoms with Gasteiger partial charge in [0.2, 0.25) is 11.8 Å². The van der Waals surface area contributed by atoms with Crippen LogP contribution in [0.1, 0.15) is 43.9 Å². The first-order chi connectivity index (χ1) is 18.4. The van der Waals surface area contributed by atoms with E-state index in [2.05, 4.69) is 21.2 Å². The number of sulfonamides is 1. The lowest BCUT2D eigenvalue weighted by atomic mass is 10.1. The molecule has 0 heterocycles. The van der Waals surface area contributed by atoms with Crippen LogP contribution in [0.3, 0.4) is 0 Å². The Hall–Kier alpha value is -3.17. The molecule has 0 saturated carbocycles. The van der Waals surface area contributed by atoms with Crippen molar-refractivity contribution in [1.29, 1.82) is 0 Å². The highest BCUT2D eigenvalue weighted by atomic mass is 79.9. The number of carbonyl (C=O) groups is 2. The number of nitrogens with zero attached hydrogens (tertiary/aromatic N) is 2. The van der Waals surface area contributed by atoms with Gasteiger partial charge < -0.3 is 10.2 Å². The van der Waals surface area contributed by atoms with E-state index in [1.54, 1.807) is 37.3 Å². The predicted molar refractivity (Wildman–Crippen MR) is 159 cm³/mol. The number of halogens is 1. The van der Waals surface area contributed by atoms with E-state index in [0.717, 1.165) is 31.9 Å². The third kappa shape index (κ3) is 7.92. The molecule has 0 saturated heterocycles.